The van der Waals surface area contributed by atoms with Gasteiger partial charge in [0.2, 0.25) is 11.8 Å². The summed E-state index contributed by atoms with van der Waals surface area (Å²) in [6.07, 6.45) is -4.61. The first kappa shape index (κ1) is 33.6. The van der Waals surface area contributed by atoms with Gasteiger partial charge in [0.05, 0.1) is 16.1 Å². The highest BCUT2D eigenvalue weighted by Crippen LogP contribution is 2.33. The van der Waals surface area contributed by atoms with E-state index < -0.39 is 52.0 Å². The second-order valence-electron chi connectivity index (χ2n) is 10.6. The Bertz CT molecular complexity index is 1510. The third-order valence-corrected chi connectivity index (χ3v) is 8.47. The number of halogens is 4. The molecule has 232 valence electrons. The van der Waals surface area contributed by atoms with Crippen LogP contribution in [0.3, 0.4) is 0 Å². The maximum absolute atomic E-state index is 14.0. The molecule has 0 saturated heterocycles. The number of sulfonamides is 1. The molecule has 0 bridgehead atoms. The average molecular weight is 622 g/mol. The number of carbonyl (C=O) groups excluding carboxylic acids is 2. The molecule has 1 atom stereocenters. The summed E-state index contributed by atoms with van der Waals surface area (Å²) in [6.45, 7) is 6.47. The molecular weight excluding hydrogens is 586 g/mol. The van der Waals surface area contributed by atoms with Crippen LogP contribution in [0.25, 0.3) is 0 Å². The maximum Gasteiger partial charge on any atom is 0.416 e. The zero-order valence-corrected chi connectivity index (χ0v) is 25.2. The van der Waals surface area contributed by atoms with E-state index in [4.69, 9.17) is 0 Å². The van der Waals surface area contributed by atoms with Crippen LogP contribution < -0.4 is 9.62 Å². The fourth-order valence-electron chi connectivity index (χ4n) is 4.33. The number of aryl methyl sites for hydroxylation is 1. The Morgan fingerprint density at radius 1 is 0.953 bits per heavy atom. The molecule has 0 aliphatic rings. The molecule has 0 aromatic heterocycles. The molecule has 0 radical (unpaired) electrons. The van der Waals surface area contributed by atoms with E-state index in [1.807, 2.05) is 13.8 Å². The number of nitrogens with zero attached hydrogens (tertiary/aromatic N) is 2. The van der Waals surface area contributed by atoms with Gasteiger partial charge >= 0.3 is 6.18 Å². The van der Waals surface area contributed by atoms with Gasteiger partial charge in [-0.25, -0.2) is 12.8 Å². The van der Waals surface area contributed by atoms with Gasteiger partial charge in [-0.2, -0.15) is 13.2 Å². The molecule has 0 fully saturated rings. The van der Waals surface area contributed by atoms with Gasteiger partial charge in [-0.1, -0.05) is 56.7 Å². The molecule has 2 amide bonds. The summed E-state index contributed by atoms with van der Waals surface area (Å²) in [5.41, 5.74) is -0.242. The summed E-state index contributed by atoms with van der Waals surface area (Å²) >= 11 is 0. The van der Waals surface area contributed by atoms with Crippen molar-refractivity contribution in [1.29, 1.82) is 0 Å². The van der Waals surface area contributed by atoms with Crippen LogP contribution in [0.1, 0.15) is 43.9 Å². The number of amides is 2. The van der Waals surface area contributed by atoms with Gasteiger partial charge in [0.1, 0.15) is 18.4 Å². The smallest absolute Gasteiger partial charge is 0.354 e. The van der Waals surface area contributed by atoms with E-state index in [1.54, 1.807) is 13.8 Å². The van der Waals surface area contributed by atoms with Gasteiger partial charge in [0, 0.05) is 13.1 Å². The second-order valence-corrected chi connectivity index (χ2v) is 12.4. The molecule has 1 N–H and O–H groups in total. The quantitative estimate of drug-likeness (QED) is 0.254. The number of carbonyl (C=O) groups is 2. The summed E-state index contributed by atoms with van der Waals surface area (Å²) in [6, 6.07) is 13.6. The molecule has 12 heteroatoms. The Kier molecular flexibility index (Phi) is 11.0. The summed E-state index contributed by atoms with van der Waals surface area (Å²) in [5, 5.41) is 2.78. The molecule has 3 rings (SSSR count). The highest BCUT2D eigenvalue weighted by atomic mass is 32.2. The summed E-state index contributed by atoms with van der Waals surface area (Å²) in [5.74, 6) is -1.70. The molecule has 7 nitrogen and oxygen atoms in total. The van der Waals surface area contributed by atoms with Crippen molar-refractivity contribution in [2.45, 2.75) is 57.8 Å². The van der Waals surface area contributed by atoms with Crippen molar-refractivity contribution in [3.8, 4) is 0 Å². The minimum Gasteiger partial charge on any atom is -0.354 e. The molecule has 0 heterocycles. The Labute approximate surface area is 249 Å². The third-order valence-electron chi connectivity index (χ3n) is 6.69. The van der Waals surface area contributed by atoms with E-state index in [1.165, 1.54) is 59.5 Å². The van der Waals surface area contributed by atoms with Gasteiger partial charge in [-0.3, -0.25) is 13.9 Å². The summed E-state index contributed by atoms with van der Waals surface area (Å²) in [4.78, 5) is 28.2. The van der Waals surface area contributed by atoms with E-state index in [9.17, 15) is 35.6 Å². The van der Waals surface area contributed by atoms with Crippen LogP contribution in [0.4, 0.5) is 23.2 Å². The maximum atomic E-state index is 14.0. The van der Waals surface area contributed by atoms with Crippen molar-refractivity contribution < 1.29 is 35.6 Å². The number of alkyl halides is 3. The zero-order valence-electron chi connectivity index (χ0n) is 24.4. The first-order chi connectivity index (χ1) is 20.1. The van der Waals surface area contributed by atoms with Crippen LogP contribution in [0.2, 0.25) is 0 Å². The molecule has 0 spiro atoms. The highest BCUT2D eigenvalue weighted by molar-refractivity contribution is 7.92. The van der Waals surface area contributed by atoms with Gasteiger partial charge in [0.25, 0.3) is 10.0 Å². The molecule has 43 heavy (non-hydrogen) atoms. The Balaban J connectivity index is 2.10. The molecule has 3 aromatic rings. The van der Waals surface area contributed by atoms with Crippen molar-refractivity contribution in [1.82, 2.24) is 10.2 Å². The zero-order chi connectivity index (χ0) is 31.9. The van der Waals surface area contributed by atoms with E-state index in [0.717, 1.165) is 17.7 Å². The van der Waals surface area contributed by atoms with Crippen molar-refractivity contribution in [3.63, 3.8) is 0 Å². The molecular formula is C31H35F4N3O4S. The van der Waals surface area contributed by atoms with Gasteiger partial charge in [-0.05, 0) is 67.3 Å². The minimum absolute atomic E-state index is 0.110. The van der Waals surface area contributed by atoms with E-state index in [-0.39, 0.29) is 29.5 Å². The lowest BCUT2D eigenvalue weighted by Gasteiger charge is -2.33. The van der Waals surface area contributed by atoms with Crippen LogP contribution in [-0.4, -0.2) is 44.3 Å². The number of hydrogen-bond acceptors (Lipinski definition) is 4. The van der Waals surface area contributed by atoms with Crippen LogP contribution in [0, 0.1) is 18.7 Å². The highest BCUT2D eigenvalue weighted by Gasteiger charge is 2.36. The minimum atomic E-state index is -4.77. The normalized spacial score (nSPS) is 12.6. The lowest BCUT2D eigenvalue weighted by molar-refractivity contribution is -0.140. The first-order valence-corrected chi connectivity index (χ1v) is 15.2. The van der Waals surface area contributed by atoms with E-state index in [2.05, 4.69) is 5.32 Å². The standard InChI is InChI=1S/C31H35F4N3O4S/c1-5-28(30(40)36-18-21(2)3)37(19-23-11-13-25(32)14-12-23)29(39)20-38(26-8-6-7-24(17-26)31(33,34)35)43(41,42)27-15-9-22(4)10-16-27/h6-17,21,28H,5,18-20H2,1-4H3,(H,36,40). The molecule has 0 aliphatic carbocycles. The SMILES string of the molecule is CCC(C(=O)NCC(C)C)N(Cc1ccc(F)cc1)C(=O)CN(c1cccc(C(F)(F)F)c1)S(=O)(=O)c1ccc(C)cc1. The van der Waals surface area contributed by atoms with E-state index >= 15 is 0 Å². The Hall–Kier alpha value is -3.93. The van der Waals surface area contributed by atoms with Crippen LogP contribution in [0.5, 0.6) is 0 Å². The predicted molar refractivity (Wildman–Crippen MR) is 156 cm³/mol. The number of nitrogens with one attached hydrogen (secondary N) is 1. The fraction of sp³-hybridized carbons (Fsp3) is 0.355. The topological polar surface area (TPSA) is 86.8 Å². The molecule has 3 aromatic carbocycles. The van der Waals surface area contributed by atoms with Gasteiger partial charge in [0.15, 0.2) is 0 Å². The van der Waals surface area contributed by atoms with Crippen molar-refractivity contribution >= 4 is 27.5 Å². The van der Waals surface area contributed by atoms with Crippen molar-refractivity contribution in [2.24, 2.45) is 5.92 Å². The lowest BCUT2D eigenvalue weighted by Crippen LogP contribution is -2.52. The molecule has 0 saturated carbocycles. The van der Waals surface area contributed by atoms with Crippen LogP contribution >= 0.6 is 0 Å². The lowest BCUT2D eigenvalue weighted by atomic mass is 10.1. The fourth-order valence-corrected chi connectivity index (χ4v) is 5.74. The number of rotatable bonds is 12. The van der Waals surface area contributed by atoms with E-state index in [0.29, 0.717) is 22.5 Å². The summed E-state index contributed by atoms with van der Waals surface area (Å²) < 4.78 is 82.8. The second kappa shape index (κ2) is 14.0. The van der Waals surface area contributed by atoms with Crippen LogP contribution in [-0.2, 0) is 32.3 Å². The number of anilines is 1. The first-order valence-electron chi connectivity index (χ1n) is 13.7. The van der Waals surface area contributed by atoms with Crippen molar-refractivity contribution in [3.05, 3.63) is 95.3 Å². The van der Waals surface area contributed by atoms with Gasteiger partial charge in [-0.15, -0.1) is 0 Å². The average Bonchev–Trinajstić information content (AvgIpc) is 2.95. The Morgan fingerprint density at radius 3 is 2.14 bits per heavy atom. The Morgan fingerprint density at radius 2 is 1.58 bits per heavy atom. The molecule has 1 unspecified atom stereocenters. The third kappa shape index (κ3) is 8.79. The predicted octanol–water partition coefficient (Wildman–Crippen LogP) is 5.93. The van der Waals surface area contributed by atoms with Gasteiger partial charge < -0.3 is 10.2 Å². The molecule has 0 aliphatic heterocycles. The summed E-state index contributed by atoms with van der Waals surface area (Å²) in [7, 11) is -4.55. The largest absolute Gasteiger partial charge is 0.416 e. The number of benzene rings is 3. The monoisotopic (exact) mass is 621 g/mol. The number of hydrogen-bond donors (Lipinski definition) is 1. The van der Waals surface area contributed by atoms with Crippen LogP contribution in [0.15, 0.2) is 77.7 Å². The van der Waals surface area contributed by atoms with Crippen molar-refractivity contribution in [2.75, 3.05) is 17.4 Å².